The molecule has 2 rings (SSSR count). The fourth-order valence-corrected chi connectivity index (χ4v) is 2.66. The maximum atomic E-state index is 11.6. The van der Waals surface area contributed by atoms with Crippen LogP contribution in [0.2, 0.25) is 0 Å². The molecule has 0 aliphatic carbocycles. The first kappa shape index (κ1) is 13.1. The summed E-state index contributed by atoms with van der Waals surface area (Å²) in [7, 11) is 1.87. The number of benzene rings is 1. The van der Waals surface area contributed by atoms with Gasteiger partial charge in [-0.25, -0.2) is 4.79 Å². The molecule has 0 bridgehead atoms. The van der Waals surface area contributed by atoms with Crippen molar-refractivity contribution in [2.45, 2.75) is 13.0 Å². The molecule has 1 heterocycles. The number of ether oxygens (including phenoxy) is 1. The molecule has 0 aliphatic rings. The van der Waals surface area contributed by atoms with E-state index in [0.29, 0.717) is 5.56 Å². The summed E-state index contributed by atoms with van der Waals surface area (Å²) < 4.78 is 7.63. The Morgan fingerprint density at radius 3 is 2.94 bits per heavy atom. The Labute approximate surface area is 113 Å². The summed E-state index contributed by atoms with van der Waals surface area (Å²) in [6.07, 6.45) is 0.500. The second-order valence-electron chi connectivity index (χ2n) is 3.99. The van der Waals surface area contributed by atoms with E-state index in [1.807, 2.05) is 29.8 Å². The minimum absolute atomic E-state index is 0.254. The third-order valence-electron chi connectivity index (χ3n) is 2.79. The van der Waals surface area contributed by atoms with Crippen molar-refractivity contribution in [2.24, 2.45) is 7.05 Å². The summed E-state index contributed by atoms with van der Waals surface area (Å²) in [5.74, 6) is -0.620. The van der Waals surface area contributed by atoms with Crippen molar-refractivity contribution in [1.82, 2.24) is 4.57 Å². The van der Waals surface area contributed by atoms with Crippen LogP contribution in [-0.4, -0.2) is 22.2 Å². The smallest absolute Gasteiger partial charge is 0.339 e. The van der Waals surface area contributed by atoms with E-state index in [1.54, 1.807) is 13.1 Å². The van der Waals surface area contributed by atoms with Gasteiger partial charge in [-0.05, 0) is 28.9 Å². The number of nitrogens with zero attached hydrogens (tertiary/aromatic N) is 1. The molecular formula is C13H14BrNO3. The lowest BCUT2D eigenvalue weighted by molar-refractivity contribution is -0.153. The highest BCUT2D eigenvalue weighted by Crippen LogP contribution is 2.31. The molecule has 0 aliphatic heterocycles. The first-order valence-electron chi connectivity index (χ1n) is 5.64. The average Bonchev–Trinajstić information content (AvgIpc) is 2.67. The molecule has 1 N–H and O–H groups in total. The predicted molar refractivity (Wildman–Crippen MR) is 72.2 cm³/mol. The molecule has 1 atom stereocenters. The minimum Gasteiger partial charge on any atom is -0.464 e. The number of carbonyl (C=O) groups excluding carboxylic acids is 1. The SMILES string of the molecule is CCOC(=O)C(O)c1cn(C)c2c(Br)cccc12. The van der Waals surface area contributed by atoms with E-state index in [4.69, 9.17) is 4.74 Å². The molecule has 1 aromatic carbocycles. The number of hydrogen-bond acceptors (Lipinski definition) is 3. The molecule has 5 heteroatoms. The monoisotopic (exact) mass is 311 g/mol. The number of aryl methyl sites for hydroxylation is 1. The number of rotatable bonds is 3. The topological polar surface area (TPSA) is 51.5 Å². The van der Waals surface area contributed by atoms with Crippen LogP contribution < -0.4 is 0 Å². The summed E-state index contributed by atoms with van der Waals surface area (Å²) in [4.78, 5) is 11.6. The zero-order valence-electron chi connectivity index (χ0n) is 10.2. The van der Waals surface area contributed by atoms with Crippen molar-refractivity contribution in [3.05, 3.63) is 34.4 Å². The van der Waals surface area contributed by atoms with Gasteiger partial charge in [-0.1, -0.05) is 12.1 Å². The Balaban J connectivity index is 2.52. The van der Waals surface area contributed by atoms with Crippen LogP contribution in [0, 0.1) is 0 Å². The summed E-state index contributed by atoms with van der Waals surface area (Å²) in [6, 6.07) is 5.66. The molecule has 0 saturated carbocycles. The first-order chi connectivity index (χ1) is 8.56. The summed E-state index contributed by atoms with van der Waals surface area (Å²) >= 11 is 3.46. The quantitative estimate of drug-likeness (QED) is 0.886. The molecule has 0 amide bonds. The van der Waals surface area contributed by atoms with E-state index in [2.05, 4.69) is 15.9 Å². The van der Waals surface area contributed by atoms with Crippen LogP contribution in [0.25, 0.3) is 10.9 Å². The number of carbonyl (C=O) groups is 1. The highest BCUT2D eigenvalue weighted by Gasteiger charge is 2.23. The highest BCUT2D eigenvalue weighted by atomic mass is 79.9. The maximum Gasteiger partial charge on any atom is 0.339 e. The Kier molecular flexibility index (Phi) is 3.73. The van der Waals surface area contributed by atoms with Gasteiger partial charge in [0.05, 0.1) is 12.1 Å². The number of hydrogen-bond donors (Lipinski definition) is 1. The van der Waals surface area contributed by atoms with Gasteiger partial charge in [-0.15, -0.1) is 0 Å². The van der Waals surface area contributed by atoms with Crippen LogP contribution in [0.5, 0.6) is 0 Å². The second kappa shape index (κ2) is 5.12. The fourth-order valence-electron chi connectivity index (χ4n) is 2.02. The first-order valence-corrected chi connectivity index (χ1v) is 6.43. The summed E-state index contributed by atoms with van der Waals surface area (Å²) in [6.45, 7) is 1.97. The van der Waals surface area contributed by atoms with Crippen molar-refractivity contribution < 1.29 is 14.6 Å². The normalized spacial score (nSPS) is 12.7. The van der Waals surface area contributed by atoms with Gasteiger partial charge >= 0.3 is 5.97 Å². The standard InChI is InChI=1S/C13H14BrNO3/c1-3-18-13(17)12(16)9-7-15(2)11-8(9)5-4-6-10(11)14/h4-7,12,16H,3H2,1-2H3. The summed E-state index contributed by atoms with van der Waals surface area (Å²) in [5, 5.41) is 10.9. The molecule has 1 unspecified atom stereocenters. The van der Waals surface area contributed by atoms with Gasteiger partial charge in [0, 0.05) is 28.7 Å². The van der Waals surface area contributed by atoms with E-state index < -0.39 is 12.1 Å². The number of aromatic nitrogens is 1. The Morgan fingerprint density at radius 2 is 2.28 bits per heavy atom. The molecule has 0 saturated heterocycles. The molecule has 0 spiro atoms. The molecule has 96 valence electrons. The van der Waals surface area contributed by atoms with Gasteiger partial charge in [-0.2, -0.15) is 0 Å². The largest absolute Gasteiger partial charge is 0.464 e. The molecule has 18 heavy (non-hydrogen) atoms. The van der Waals surface area contributed by atoms with Crippen LogP contribution in [0.4, 0.5) is 0 Å². The molecule has 0 fully saturated rings. The van der Waals surface area contributed by atoms with Crippen molar-refractivity contribution >= 4 is 32.8 Å². The molecule has 4 nitrogen and oxygen atoms in total. The lowest BCUT2D eigenvalue weighted by Crippen LogP contribution is -2.15. The van der Waals surface area contributed by atoms with E-state index in [0.717, 1.165) is 15.4 Å². The number of aliphatic hydroxyl groups excluding tert-OH is 1. The number of halogens is 1. The van der Waals surface area contributed by atoms with E-state index in [-0.39, 0.29) is 6.61 Å². The third-order valence-corrected chi connectivity index (χ3v) is 3.43. The van der Waals surface area contributed by atoms with Crippen LogP contribution in [0.15, 0.2) is 28.9 Å². The van der Waals surface area contributed by atoms with Gasteiger partial charge in [-0.3, -0.25) is 0 Å². The zero-order chi connectivity index (χ0) is 13.3. The number of fused-ring (bicyclic) bond motifs is 1. The van der Waals surface area contributed by atoms with Gasteiger partial charge in [0.2, 0.25) is 0 Å². The Bertz CT molecular complexity index is 591. The summed E-state index contributed by atoms with van der Waals surface area (Å²) in [5.41, 5.74) is 1.50. The minimum atomic E-state index is -1.25. The Hall–Kier alpha value is -1.33. The number of para-hydroxylation sites is 1. The highest BCUT2D eigenvalue weighted by molar-refractivity contribution is 9.10. The van der Waals surface area contributed by atoms with Crippen LogP contribution in [-0.2, 0) is 16.6 Å². The van der Waals surface area contributed by atoms with Gasteiger partial charge in [0.15, 0.2) is 6.10 Å². The van der Waals surface area contributed by atoms with Crippen LogP contribution >= 0.6 is 15.9 Å². The van der Waals surface area contributed by atoms with Gasteiger partial charge in [0.25, 0.3) is 0 Å². The average molecular weight is 312 g/mol. The van der Waals surface area contributed by atoms with Crippen molar-refractivity contribution in [2.75, 3.05) is 6.61 Å². The van der Waals surface area contributed by atoms with Gasteiger partial charge < -0.3 is 14.4 Å². The third kappa shape index (κ3) is 2.15. The fraction of sp³-hybridized carbons (Fsp3) is 0.308. The molecule has 1 aromatic heterocycles. The van der Waals surface area contributed by atoms with Crippen LogP contribution in [0.1, 0.15) is 18.6 Å². The number of esters is 1. The zero-order valence-corrected chi connectivity index (χ0v) is 11.8. The van der Waals surface area contributed by atoms with E-state index in [1.165, 1.54) is 0 Å². The molecular weight excluding hydrogens is 298 g/mol. The lowest BCUT2D eigenvalue weighted by atomic mass is 10.1. The van der Waals surface area contributed by atoms with Crippen molar-refractivity contribution in [1.29, 1.82) is 0 Å². The van der Waals surface area contributed by atoms with Crippen molar-refractivity contribution in [3.8, 4) is 0 Å². The number of aliphatic hydroxyl groups is 1. The van der Waals surface area contributed by atoms with E-state index in [9.17, 15) is 9.90 Å². The van der Waals surface area contributed by atoms with Gasteiger partial charge in [0.1, 0.15) is 0 Å². The van der Waals surface area contributed by atoms with Crippen LogP contribution in [0.3, 0.4) is 0 Å². The molecule has 2 aromatic rings. The van der Waals surface area contributed by atoms with Crippen molar-refractivity contribution in [3.63, 3.8) is 0 Å². The predicted octanol–water partition coefficient (Wildman–Crippen LogP) is 2.54. The lowest BCUT2D eigenvalue weighted by Gasteiger charge is -2.08. The Morgan fingerprint density at radius 1 is 1.56 bits per heavy atom. The van der Waals surface area contributed by atoms with E-state index >= 15 is 0 Å². The molecule has 0 radical (unpaired) electrons. The second-order valence-corrected chi connectivity index (χ2v) is 4.84. The maximum absolute atomic E-state index is 11.6.